The summed E-state index contributed by atoms with van der Waals surface area (Å²) in [5, 5.41) is 9.08. The molecule has 0 rings (SSSR count). The predicted molar refractivity (Wildman–Crippen MR) is 45.0 cm³/mol. The Morgan fingerprint density at radius 1 is 1.73 bits per heavy atom. The highest BCUT2D eigenvalue weighted by molar-refractivity contribution is 5.80. The Hall–Kier alpha value is -0.700. The fraction of sp³-hybridized carbons (Fsp3) is 0.750. The largest absolute Gasteiger partial charge is 0.387 e. The van der Waals surface area contributed by atoms with Gasteiger partial charge in [-0.2, -0.15) is 0 Å². The zero-order valence-corrected chi connectivity index (χ0v) is 7.08. The van der Waals surface area contributed by atoms with E-state index in [2.05, 4.69) is 4.99 Å². The van der Waals surface area contributed by atoms with Gasteiger partial charge >= 0.3 is 0 Å². The number of Topliss-reactive ketones (excluding diaryl/α,β-unsaturated/α-hetero) is 1. The molecule has 0 saturated carbocycles. The summed E-state index contributed by atoms with van der Waals surface area (Å²) in [7, 11) is 0. The summed E-state index contributed by atoms with van der Waals surface area (Å²) < 4.78 is 0. The lowest BCUT2D eigenvalue weighted by molar-refractivity contribution is -0.118. The molecule has 0 fully saturated rings. The standard InChI is InChI=1S/C8H15NO2/c1-3-4-9-6-8(11)5-7(2)10/h6,8,11H,3-5H2,1-2H3. The fourth-order valence-electron chi connectivity index (χ4n) is 0.673. The van der Waals surface area contributed by atoms with Crippen LogP contribution in [0, 0.1) is 0 Å². The van der Waals surface area contributed by atoms with Crippen LogP contribution >= 0.6 is 0 Å². The summed E-state index contributed by atoms with van der Waals surface area (Å²) in [6.45, 7) is 4.18. The smallest absolute Gasteiger partial charge is 0.132 e. The van der Waals surface area contributed by atoms with E-state index in [9.17, 15) is 4.79 Å². The number of aliphatic hydroxyl groups is 1. The van der Waals surface area contributed by atoms with Gasteiger partial charge < -0.3 is 5.11 Å². The van der Waals surface area contributed by atoms with Gasteiger partial charge in [-0.05, 0) is 13.3 Å². The van der Waals surface area contributed by atoms with Crippen LogP contribution in [0.1, 0.15) is 26.7 Å². The molecule has 0 aliphatic carbocycles. The Bertz CT molecular complexity index is 143. The van der Waals surface area contributed by atoms with E-state index in [1.54, 1.807) is 0 Å². The van der Waals surface area contributed by atoms with Gasteiger partial charge in [0, 0.05) is 19.2 Å². The Labute approximate surface area is 67.1 Å². The first kappa shape index (κ1) is 10.3. The van der Waals surface area contributed by atoms with E-state index in [0.717, 1.165) is 13.0 Å². The molecule has 0 radical (unpaired) electrons. The second-order valence-corrected chi connectivity index (χ2v) is 2.53. The molecular weight excluding hydrogens is 142 g/mol. The van der Waals surface area contributed by atoms with Crippen molar-refractivity contribution in [3.05, 3.63) is 0 Å². The molecule has 0 heterocycles. The molecule has 0 bridgehead atoms. The highest BCUT2D eigenvalue weighted by Crippen LogP contribution is 1.89. The SMILES string of the molecule is CCCN=CC(O)CC(C)=O. The maximum Gasteiger partial charge on any atom is 0.132 e. The summed E-state index contributed by atoms with van der Waals surface area (Å²) in [5.74, 6) is -0.0135. The summed E-state index contributed by atoms with van der Waals surface area (Å²) in [6.07, 6.45) is 1.88. The molecular formula is C8H15NO2. The molecule has 0 aliphatic heterocycles. The normalized spacial score (nSPS) is 13.7. The van der Waals surface area contributed by atoms with Crippen LogP contribution < -0.4 is 0 Å². The number of hydrogen-bond acceptors (Lipinski definition) is 3. The lowest BCUT2D eigenvalue weighted by Crippen LogP contribution is -2.12. The molecule has 1 N–H and O–H groups in total. The minimum Gasteiger partial charge on any atom is -0.387 e. The summed E-state index contributed by atoms with van der Waals surface area (Å²) in [6, 6.07) is 0. The molecule has 0 aliphatic rings. The number of hydrogen-bond donors (Lipinski definition) is 1. The first-order valence-corrected chi connectivity index (χ1v) is 3.84. The van der Waals surface area contributed by atoms with Crippen molar-refractivity contribution in [1.82, 2.24) is 0 Å². The van der Waals surface area contributed by atoms with Gasteiger partial charge in [-0.1, -0.05) is 6.92 Å². The van der Waals surface area contributed by atoms with Crippen LogP contribution in [0.4, 0.5) is 0 Å². The number of aliphatic hydroxyl groups excluding tert-OH is 1. The third-order valence-corrected chi connectivity index (χ3v) is 1.13. The van der Waals surface area contributed by atoms with Gasteiger partial charge in [0.15, 0.2) is 0 Å². The number of carbonyl (C=O) groups is 1. The van der Waals surface area contributed by atoms with E-state index in [0.29, 0.717) is 0 Å². The van der Waals surface area contributed by atoms with E-state index < -0.39 is 6.10 Å². The maximum atomic E-state index is 10.5. The topological polar surface area (TPSA) is 49.7 Å². The minimum absolute atomic E-state index is 0.0135. The van der Waals surface area contributed by atoms with Crippen molar-refractivity contribution in [1.29, 1.82) is 0 Å². The van der Waals surface area contributed by atoms with Crippen molar-refractivity contribution in [3.63, 3.8) is 0 Å². The summed E-state index contributed by atoms with van der Waals surface area (Å²) in [4.78, 5) is 14.4. The first-order valence-electron chi connectivity index (χ1n) is 3.84. The molecule has 3 heteroatoms. The van der Waals surface area contributed by atoms with Crippen LogP contribution in [0.3, 0.4) is 0 Å². The minimum atomic E-state index is -0.695. The Morgan fingerprint density at radius 2 is 2.36 bits per heavy atom. The van der Waals surface area contributed by atoms with E-state index in [1.807, 2.05) is 6.92 Å². The van der Waals surface area contributed by atoms with Gasteiger partial charge in [0.05, 0.1) is 6.10 Å². The van der Waals surface area contributed by atoms with E-state index in [-0.39, 0.29) is 12.2 Å². The molecule has 0 aromatic heterocycles. The molecule has 1 unspecified atom stereocenters. The molecule has 0 aromatic carbocycles. The highest BCUT2D eigenvalue weighted by Gasteiger charge is 2.02. The molecule has 0 aromatic rings. The zero-order valence-electron chi connectivity index (χ0n) is 7.08. The number of aliphatic imine (C=N–C) groups is 1. The molecule has 3 nitrogen and oxygen atoms in total. The lowest BCUT2D eigenvalue weighted by atomic mass is 10.2. The first-order chi connectivity index (χ1) is 5.16. The fourth-order valence-corrected chi connectivity index (χ4v) is 0.673. The van der Waals surface area contributed by atoms with Crippen LogP contribution in [-0.2, 0) is 4.79 Å². The second kappa shape index (κ2) is 6.04. The monoisotopic (exact) mass is 157 g/mol. The van der Waals surface area contributed by atoms with Crippen molar-refractivity contribution in [3.8, 4) is 0 Å². The van der Waals surface area contributed by atoms with Crippen LogP contribution in [0.2, 0.25) is 0 Å². The van der Waals surface area contributed by atoms with Crippen molar-refractivity contribution in [2.24, 2.45) is 4.99 Å². The number of rotatable bonds is 5. The van der Waals surface area contributed by atoms with E-state index in [1.165, 1.54) is 13.1 Å². The van der Waals surface area contributed by atoms with Gasteiger partial charge in [-0.15, -0.1) is 0 Å². The van der Waals surface area contributed by atoms with Gasteiger partial charge in [0.2, 0.25) is 0 Å². The van der Waals surface area contributed by atoms with Crippen molar-refractivity contribution in [2.45, 2.75) is 32.8 Å². The van der Waals surface area contributed by atoms with Gasteiger partial charge in [0.25, 0.3) is 0 Å². The predicted octanol–water partition coefficient (Wildman–Crippen LogP) is 0.807. The average molecular weight is 157 g/mol. The van der Waals surface area contributed by atoms with E-state index in [4.69, 9.17) is 5.11 Å². The molecule has 0 saturated heterocycles. The third kappa shape index (κ3) is 7.19. The van der Waals surface area contributed by atoms with Crippen LogP contribution in [0.15, 0.2) is 4.99 Å². The zero-order chi connectivity index (χ0) is 8.69. The molecule has 1 atom stereocenters. The summed E-state index contributed by atoms with van der Waals surface area (Å²) in [5.41, 5.74) is 0. The summed E-state index contributed by atoms with van der Waals surface area (Å²) >= 11 is 0. The Morgan fingerprint density at radius 3 is 2.82 bits per heavy atom. The van der Waals surface area contributed by atoms with Crippen LogP contribution in [0.25, 0.3) is 0 Å². The van der Waals surface area contributed by atoms with Crippen molar-refractivity contribution < 1.29 is 9.90 Å². The molecule has 64 valence electrons. The van der Waals surface area contributed by atoms with Gasteiger partial charge in [-0.25, -0.2) is 0 Å². The number of carbonyl (C=O) groups excluding carboxylic acids is 1. The van der Waals surface area contributed by atoms with Gasteiger partial charge in [0.1, 0.15) is 5.78 Å². The molecule has 0 amide bonds. The number of nitrogens with zero attached hydrogens (tertiary/aromatic N) is 1. The van der Waals surface area contributed by atoms with Crippen LogP contribution in [0.5, 0.6) is 0 Å². The number of ketones is 1. The van der Waals surface area contributed by atoms with Crippen molar-refractivity contribution >= 4 is 12.0 Å². The lowest BCUT2D eigenvalue weighted by Gasteiger charge is -1.99. The Kier molecular flexibility index (Phi) is 5.65. The quantitative estimate of drug-likeness (QED) is 0.600. The van der Waals surface area contributed by atoms with Crippen molar-refractivity contribution in [2.75, 3.05) is 6.54 Å². The van der Waals surface area contributed by atoms with Gasteiger partial charge in [-0.3, -0.25) is 9.79 Å². The third-order valence-electron chi connectivity index (χ3n) is 1.13. The second-order valence-electron chi connectivity index (χ2n) is 2.53. The molecule has 0 spiro atoms. The average Bonchev–Trinajstić information content (AvgIpc) is 1.86. The Balaban J connectivity index is 3.50. The maximum absolute atomic E-state index is 10.5. The van der Waals surface area contributed by atoms with E-state index >= 15 is 0 Å². The molecule has 11 heavy (non-hydrogen) atoms. The highest BCUT2D eigenvalue weighted by atomic mass is 16.3. The van der Waals surface area contributed by atoms with Crippen LogP contribution in [-0.4, -0.2) is 29.8 Å².